The van der Waals surface area contributed by atoms with Gasteiger partial charge in [0.2, 0.25) is 0 Å². The van der Waals surface area contributed by atoms with E-state index in [1.807, 2.05) is 0 Å². The summed E-state index contributed by atoms with van der Waals surface area (Å²) in [4.78, 5) is 0. The summed E-state index contributed by atoms with van der Waals surface area (Å²) < 4.78 is 0. The van der Waals surface area contributed by atoms with Gasteiger partial charge in [-0.1, -0.05) is 6.92 Å². The Morgan fingerprint density at radius 2 is 2.29 bits per heavy atom. The molecular formula is C12H24N2. The van der Waals surface area contributed by atoms with Crippen LogP contribution in [0.15, 0.2) is 0 Å². The molecule has 14 heavy (non-hydrogen) atoms. The van der Waals surface area contributed by atoms with Gasteiger partial charge in [0.1, 0.15) is 0 Å². The quantitative estimate of drug-likeness (QED) is 0.634. The van der Waals surface area contributed by atoms with Crippen LogP contribution in [0.1, 0.15) is 45.4 Å². The lowest BCUT2D eigenvalue weighted by molar-refractivity contribution is 0.428. The van der Waals surface area contributed by atoms with Gasteiger partial charge in [0.15, 0.2) is 0 Å². The second-order valence-corrected chi connectivity index (χ2v) is 5.11. The van der Waals surface area contributed by atoms with Crippen LogP contribution in [0.5, 0.6) is 0 Å². The maximum absolute atomic E-state index is 3.63. The van der Waals surface area contributed by atoms with Crippen molar-refractivity contribution < 1.29 is 0 Å². The first-order valence-electron chi connectivity index (χ1n) is 6.29. The first-order valence-corrected chi connectivity index (χ1v) is 6.29. The highest BCUT2D eigenvalue weighted by atomic mass is 15.0. The Morgan fingerprint density at radius 3 is 2.86 bits per heavy atom. The monoisotopic (exact) mass is 196 g/mol. The molecule has 0 bridgehead atoms. The third kappa shape index (κ3) is 2.71. The lowest BCUT2D eigenvalue weighted by Gasteiger charge is -2.15. The Hall–Kier alpha value is -0.0800. The number of hydrogen-bond donors (Lipinski definition) is 2. The largest absolute Gasteiger partial charge is 0.316 e. The van der Waals surface area contributed by atoms with E-state index < -0.39 is 0 Å². The number of rotatable bonds is 6. The topological polar surface area (TPSA) is 24.1 Å². The molecule has 1 aliphatic carbocycles. The number of hydrogen-bond acceptors (Lipinski definition) is 2. The van der Waals surface area contributed by atoms with Gasteiger partial charge in [-0.15, -0.1) is 0 Å². The molecule has 0 spiro atoms. The predicted molar refractivity (Wildman–Crippen MR) is 60.5 cm³/mol. The summed E-state index contributed by atoms with van der Waals surface area (Å²) in [6.07, 6.45) is 8.36. The molecule has 2 heteroatoms. The van der Waals surface area contributed by atoms with Crippen LogP contribution in [0.2, 0.25) is 0 Å². The van der Waals surface area contributed by atoms with Crippen molar-refractivity contribution in [1.82, 2.24) is 10.6 Å². The van der Waals surface area contributed by atoms with Crippen molar-refractivity contribution in [2.24, 2.45) is 5.41 Å². The molecule has 0 aromatic rings. The fraction of sp³-hybridized carbons (Fsp3) is 1.00. The molecule has 0 amide bonds. The van der Waals surface area contributed by atoms with Gasteiger partial charge in [-0.05, 0) is 57.0 Å². The van der Waals surface area contributed by atoms with Crippen molar-refractivity contribution in [1.29, 1.82) is 0 Å². The Balaban J connectivity index is 1.50. The molecule has 1 atom stereocenters. The smallest absolute Gasteiger partial charge is 0.00796 e. The van der Waals surface area contributed by atoms with Crippen LogP contribution < -0.4 is 10.6 Å². The van der Waals surface area contributed by atoms with Crippen LogP contribution >= 0.6 is 0 Å². The SMILES string of the molecule is CCC1(CNCCC2CCCN2)CC1. The van der Waals surface area contributed by atoms with Crippen LogP contribution in [0, 0.1) is 5.41 Å². The van der Waals surface area contributed by atoms with Crippen molar-refractivity contribution >= 4 is 0 Å². The lowest BCUT2D eigenvalue weighted by atomic mass is 10.0. The molecule has 2 fully saturated rings. The minimum Gasteiger partial charge on any atom is -0.316 e. The molecule has 1 saturated carbocycles. The van der Waals surface area contributed by atoms with E-state index >= 15 is 0 Å². The Kier molecular flexibility index (Phi) is 3.45. The zero-order chi connectivity index (χ0) is 9.86. The van der Waals surface area contributed by atoms with Gasteiger partial charge in [0.05, 0.1) is 0 Å². The van der Waals surface area contributed by atoms with Gasteiger partial charge >= 0.3 is 0 Å². The third-order valence-corrected chi connectivity index (χ3v) is 4.04. The zero-order valence-electron chi connectivity index (χ0n) is 9.44. The standard InChI is InChI=1S/C12H24N2/c1-2-12(6-7-12)10-13-9-5-11-4-3-8-14-11/h11,13-14H,2-10H2,1H3. The predicted octanol–water partition coefficient (Wildman–Crippen LogP) is 1.91. The van der Waals surface area contributed by atoms with Gasteiger partial charge in [-0.3, -0.25) is 0 Å². The van der Waals surface area contributed by atoms with E-state index in [0.717, 1.165) is 6.04 Å². The van der Waals surface area contributed by atoms with Gasteiger partial charge in [0, 0.05) is 12.6 Å². The molecule has 1 saturated heterocycles. The Bertz CT molecular complexity index is 169. The first kappa shape index (κ1) is 10.4. The third-order valence-electron chi connectivity index (χ3n) is 4.04. The van der Waals surface area contributed by atoms with E-state index in [2.05, 4.69) is 17.6 Å². The van der Waals surface area contributed by atoms with Crippen LogP contribution in [-0.4, -0.2) is 25.7 Å². The number of nitrogens with one attached hydrogen (secondary N) is 2. The van der Waals surface area contributed by atoms with Crippen molar-refractivity contribution in [3.05, 3.63) is 0 Å². The van der Waals surface area contributed by atoms with E-state index in [0.29, 0.717) is 5.41 Å². The summed E-state index contributed by atoms with van der Waals surface area (Å²) in [5, 5.41) is 7.17. The van der Waals surface area contributed by atoms with Gasteiger partial charge in [-0.2, -0.15) is 0 Å². The Labute approximate surface area is 87.8 Å². The molecule has 82 valence electrons. The lowest BCUT2D eigenvalue weighted by Crippen LogP contribution is -2.30. The zero-order valence-corrected chi connectivity index (χ0v) is 9.44. The van der Waals surface area contributed by atoms with Crippen LogP contribution in [-0.2, 0) is 0 Å². The van der Waals surface area contributed by atoms with Crippen molar-refractivity contribution in [2.45, 2.75) is 51.5 Å². The van der Waals surface area contributed by atoms with E-state index in [9.17, 15) is 0 Å². The highest BCUT2D eigenvalue weighted by molar-refractivity contribution is 4.93. The maximum Gasteiger partial charge on any atom is 0.00796 e. The van der Waals surface area contributed by atoms with E-state index in [1.165, 1.54) is 58.2 Å². The highest BCUT2D eigenvalue weighted by Crippen LogP contribution is 2.47. The molecule has 1 unspecified atom stereocenters. The molecule has 0 aromatic carbocycles. The highest BCUT2D eigenvalue weighted by Gasteiger charge is 2.39. The molecular weight excluding hydrogens is 172 g/mol. The van der Waals surface area contributed by atoms with Crippen LogP contribution in [0.25, 0.3) is 0 Å². The van der Waals surface area contributed by atoms with Crippen LogP contribution in [0.3, 0.4) is 0 Å². The second-order valence-electron chi connectivity index (χ2n) is 5.11. The molecule has 1 heterocycles. The van der Waals surface area contributed by atoms with Crippen molar-refractivity contribution in [2.75, 3.05) is 19.6 Å². The van der Waals surface area contributed by atoms with E-state index in [-0.39, 0.29) is 0 Å². The minimum absolute atomic E-state index is 0.711. The summed E-state index contributed by atoms with van der Waals surface area (Å²) >= 11 is 0. The minimum atomic E-state index is 0.711. The average molecular weight is 196 g/mol. The molecule has 2 nitrogen and oxygen atoms in total. The summed E-state index contributed by atoms with van der Waals surface area (Å²) in [5.41, 5.74) is 0.711. The molecule has 1 aliphatic heterocycles. The van der Waals surface area contributed by atoms with Crippen molar-refractivity contribution in [3.8, 4) is 0 Å². The molecule has 2 N–H and O–H groups in total. The summed E-state index contributed by atoms with van der Waals surface area (Å²) in [6, 6.07) is 0.805. The fourth-order valence-corrected chi connectivity index (χ4v) is 2.47. The molecule has 0 radical (unpaired) electrons. The van der Waals surface area contributed by atoms with Gasteiger partial charge < -0.3 is 10.6 Å². The first-order chi connectivity index (χ1) is 6.85. The summed E-state index contributed by atoms with van der Waals surface area (Å²) in [7, 11) is 0. The molecule has 0 aromatic heterocycles. The fourth-order valence-electron chi connectivity index (χ4n) is 2.47. The second kappa shape index (κ2) is 4.63. The normalized spacial score (nSPS) is 29.4. The van der Waals surface area contributed by atoms with Crippen molar-refractivity contribution in [3.63, 3.8) is 0 Å². The average Bonchev–Trinajstić information content (AvgIpc) is 2.81. The van der Waals surface area contributed by atoms with Gasteiger partial charge in [-0.25, -0.2) is 0 Å². The van der Waals surface area contributed by atoms with Gasteiger partial charge in [0.25, 0.3) is 0 Å². The van der Waals surface area contributed by atoms with Crippen LogP contribution in [0.4, 0.5) is 0 Å². The summed E-state index contributed by atoms with van der Waals surface area (Å²) in [6.45, 7) is 6.03. The molecule has 2 rings (SSSR count). The van der Waals surface area contributed by atoms with E-state index in [4.69, 9.17) is 0 Å². The van der Waals surface area contributed by atoms with E-state index in [1.54, 1.807) is 0 Å². The molecule has 2 aliphatic rings. The summed E-state index contributed by atoms with van der Waals surface area (Å²) in [5.74, 6) is 0. The maximum atomic E-state index is 3.63. The Morgan fingerprint density at radius 1 is 1.43 bits per heavy atom.